The standard InChI is InChI=1S/C19H32N2/c1-2-3-4-5-6-7-8-9-13-16-19(20)21-17-18-14-11-10-12-15-18/h10-12,14-15H,2-9,13,16-17H2,1H3,(H2,20,21). The maximum Gasteiger partial charge on any atom is 0.0941 e. The highest BCUT2D eigenvalue weighted by molar-refractivity contribution is 5.80. The van der Waals surface area contributed by atoms with Gasteiger partial charge < -0.3 is 5.73 Å². The molecule has 0 aromatic heterocycles. The Balaban J connectivity index is 1.97. The molecule has 0 bridgehead atoms. The highest BCUT2D eigenvalue weighted by atomic mass is 14.8. The van der Waals surface area contributed by atoms with Crippen molar-refractivity contribution in [2.75, 3.05) is 0 Å². The minimum Gasteiger partial charge on any atom is -0.387 e. The lowest BCUT2D eigenvalue weighted by molar-refractivity contribution is 0.568. The summed E-state index contributed by atoms with van der Waals surface area (Å²) in [6.07, 6.45) is 13.1. The van der Waals surface area contributed by atoms with Crippen LogP contribution < -0.4 is 5.73 Å². The summed E-state index contributed by atoms with van der Waals surface area (Å²) in [6, 6.07) is 10.3. The quantitative estimate of drug-likeness (QED) is 0.309. The molecule has 1 aromatic carbocycles. The van der Waals surface area contributed by atoms with Gasteiger partial charge in [0.25, 0.3) is 0 Å². The highest BCUT2D eigenvalue weighted by Gasteiger charge is 1.96. The van der Waals surface area contributed by atoms with Crippen LogP contribution in [0.25, 0.3) is 0 Å². The zero-order chi connectivity index (χ0) is 15.2. The Morgan fingerprint density at radius 3 is 2.05 bits per heavy atom. The number of rotatable bonds is 12. The van der Waals surface area contributed by atoms with Gasteiger partial charge in [0.1, 0.15) is 0 Å². The summed E-state index contributed by atoms with van der Waals surface area (Å²) in [5, 5.41) is 0. The van der Waals surface area contributed by atoms with Gasteiger partial charge in [-0.1, -0.05) is 88.6 Å². The molecule has 0 heterocycles. The molecule has 2 heteroatoms. The molecular weight excluding hydrogens is 256 g/mol. The van der Waals surface area contributed by atoms with Gasteiger partial charge in [0.15, 0.2) is 0 Å². The van der Waals surface area contributed by atoms with Crippen LogP contribution in [0.15, 0.2) is 35.3 Å². The first-order valence-electron chi connectivity index (χ1n) is 8.65. The van der Waals surface area contributed by atoms with Crippen molar-refractivity contribution in [1.29, 1.82) is 0 Å². The normalized spacial score (nSPS) is 11.8. The highest BCUT2D eigenvalue weighted by Crippen LogP contribution is 2.10. The number of benzene rings is 1. The third kappa shape index (κ3) is 10.1. The van der Waals surface area contributed by atoms with Gasteiger partial charge in [0, 0.05) is 6.42 Å². The second kappa shape index (κ2) is 12.4. The van der Waals surface area contributed by atoms with E-state index in [1.54, 1.807) is 0 Å². The lowest BCUT2D eigenvalue weighted by Gasteiger charge is -2.03. The third-order valence-corrected chi connectivity index (χ3v) is 3.84. The van der Waals surface area contributed by atoms with Crippen molar-refractivity contribution in [3.63, 3.8) is 0 Å². The molecular formula is C19H32N2. The predicted molar refractivity (Wildman–Crippen MR) is 93.6 cm³/mol. The molecule has 0 fully saturated rings. The van der Waals surface area contributed by atoms with Crippen LogP contribution in [-0.4, -0.2) is 5.84 Å². The van der Waals surface area contributed by atoms with E-state index in [2.05, 4.69) is 24.0 Å². The summed E-state index contributed by atoms with van der Waals surface area (Å²) in [7, 11) is 0. The van der Waals surface area contributed by atoms with Crippen LogP contribution in [-0.2, 0) is 6.54 Å². The van der Waals surface area contributed by atoms with E-state index in [0.717, 1.165) is 12.3 Å². The van der Waals surface area contributed by atoms with Crippen molar-refractivity contribution in [2.24, 2.45) is 10.7 Å². The van der Waals surface area contributed by atoms with Crippen LogP contribution in [0.5, 0.6) is 0 Å². The fraction of sp³-hybridized carbons (Fsp3) is 0.632. The van der Waals surface area contributed by atoms with Crippen molar-refractivity contribution in [2.45, 2.75) is 77.7 Å². The summed E-state index contributed by atoms with van der Waals surface area (Å²) in [4.78, 5) is 4.46. The van der Waals surface area contributed by atoms with E-state index >= 15 is 0 Å². The molecule has 0 aliphatic rings. The fourth-order valence-electron chi connectivity index (χ4n) is 2.47. The Hall–Kier alpha value is -1.31. The van der Waals surface area contributed by atoms with E-state index in [4.69, 9.17) is 5.73 Å². The first-order chi connectivity index (χ1) is 10.3. The number of hydrogen-bond donors (Lipinski definition) is 1. The molecule has 0 radical (unpaired) electrons. The van der Waals surface area contributed by atoms with Gasteiger partial charge in [-0.15, -0.1) is 0 Å². The van der Waals surface area contributed by atoms with E-state index in [1.807, 2.05) is 18.2 Å². The van der Waals surface area contributed by atoms with Gasteiger partial charge in [-0.25, -0.2) is 0 Å². The average molecular weight is 288 g/mol. The van der Waals surface area contributed by atoms with Crippen LogP contribution in [0.2, 0.25) is 0 Å². The Kier molecular flexibility index (Phi) is 10.5. The van der Waals surface area contributed by atoms with E-state index in [9.17, 15) is 0 Å². The molecule has 2 nitrogen and oxygen atoms in total. The van der Waals surface area contributed by atoms with Crippen molar-refractivity contribution in [3.8, 4) is 0 Å². The Labute approximate surface area is 130 Å². The molecule has 118 valence electrons. The van der Waals surface area contributed by atoms with Crippen molar-refractivity contribution >= 4 is 5.84 Å². The average Bonchev–Trinajstić information content (AvgIpc) is 2.52. The smallest absolute Gasteiger partial charge is 0.0941 e. The summed E-state index contributed by atoms with van der Waals surface area (Å²) >= 11 is 0. The molecule has 21 heavy (non-hydrogen) atoms. The molecule has 0 aliphatic carbocycles. The van der Waals surface area contributed by atoms with Crippen LogP contribution in [0.3, 0.4) is 0 Å². The second-order valence-electron chi connectivity index (χ2n) is 5.87. The van der Waals surface area contributed by atoms with Crippen molar-refractivity contribution in [3.05, 3.63) is 35.9 Å². The zero-order valence-corrected chi connectivity index (χ0v) is 13.7. The predicted octanol–water partition coefficient (Wildman–Crippen LogP) is 5.46. The summed E-state index contributed by atoms with van der Waals surface area (Å²) in [6.45, 7) is 2.98. The van der Waals surface area contributed by atoms with Crippen LogP contribution in [0.1, 0.15) is 76.7 Å². The summed E-state index contributed by atoms with van der Waals surface area (Å²) in [5.74, 6) is 0.807. The van der Waals surface area contributed by atoms with Gasteiger partial charge in [-0.2, -0.15) is 0 Å². The van der Waals surface area contributed by atoms with Gasteiger partial charge in [0.05, 0.1) is 12.4 Å². The van der Waals surface area contributed by atoms with E-state index in [0.29, 0.717) is 6.54 Å². The largest absolute Gasteiger partial charge is 0.387 e. The van der Waals surface area contributed by atoms with E-state index in [-0.39, 0.29) is 0 Å². The number of nitrogens with two attached hydrogens (primary N) is 1. The molecule has 2 N–H and O–H groups in total. The van der Waals surface area contributed by atoms with Crippen LogP contribution in [0, 0.1) is 0 Å². The molecule has 0 amide bonds. The molecule has 0 atom stereocenters. The first kappa shape index (κ1) is 17.7. The van der Waals surface area contributed by atoms with Crippen molar-refractivity contribution in [1.82, 2.24) is 0 Å². The monoisotopic (exact) mass is 288 g/mol. The molecule has 0 saturated heterocycles. The third-order valence-electron chi connectivity index (χ3n) is 3.84. The lowest BCUT2D eigenvalue weighted by atomic mass is 10.1. The molecule has 1 rings (SSSR count). The minimum absolute atomic E-state index is 0.712. The van der Waals surface area contributed by atoms with Gasteiger partial charge in [0.2, 0.25) is 0 Å². The maximum atomic E-state index is 5.97. The molecule has 0 aliphatic heterocycles. The summed E-state index contributed by atoms with van der Waals surface area (Å²) in [5.41, 5.74) is 7.20. The minimum atomic E-state index is 0.712. The van der Waals surface area contributed by atoms with E-state index in [1.165, 1.54) is 63.4 Å². The molecule has 0 spiro atoms. The number of hydrogen-bond acceptors (Lipinski definition) is 1. The molecule has 0 saturated carbocycles. The summed E-state index contributed by atoms with van der Waals surface area (Å²) < 4.78 is 0. The fourth-order valence-corrected chi connectivity index (χ4v) is 2.47. The Morgan fingerprint density at radius 1 is 0.857 bits per heavy atom. The van der Waals surface area contributed by atoms with E-state index < -0.39 is 0 Å². The number of nitrogens with zero attached hydrogens (tertiary/aromatic N) is 1. The van der Waals surface area contributed by atoms with Crippen molar-refractivity contribution < 1.29 is 0 Å². The zero-order valence-electron chi connectivity index (χ0n) is 13.7. The number of unbranched alkanes of at least 4 members (excludes halogenated alkanes) is 8. The second-order valence-corrected chi connectivity index (χ2v) is 5.87. The Bertz CT molecular complexity index is 370. The molecule has 1 aromatic rings. The SMILES string of the molecule is CCCCCCCCCCCC(N)=NCc1ccccc1. The van der Waals surface area contributed by atoms with Gasteiger partial charge in [-0.3, -0.25) is 4.99 Å². The van der Waals surface area contributed by atoms with Crippen LogP contribution in [0.4, 0.5) is 0 Å². The number of amidine groups is 1. The van der Waals surface area contributed by atoms with Gasteiger partial charge in [-0.05, 0) is 12.0 Å². The van der Waals surface area contributed by atoms with Crippen LogP contribution >= 0.6 is 0 Å². The van der Waals surface area contributed by atoms with Gasteiger partial charge >= 0.3 is 0 Å². The topological polar surface area (TPSA) is 38.4 Å². The maximum absolute atomic E-state index is 5.97. The Morgan fingerprint density at radius 2 is 1.43 bits per heavy atom. The molecule has 0 unspecified atom stereocenters. The lowest BCUT2D eigenvalue weighted by Crippen LogP contribution is -2.11. The first-order valence-corrected chi connectivity index (χ1v) is 8.65. The number of aliphatic imine (C=N–C) groups is 1.